The van der Waals surface area contributed by atoms with Crippen LogP contribution in [0.2, 0.25) is 0 Å². The van der Waals surface area contributed by atoms with E-state index in [9.17, 15) is 24.3 Å². The van der Waals surface area contributed by atoms with Crippen molar-refractivity contribution in [2.75, 3.05) is 18.9 Å². The molecule has 0 aromatic carbocycles. The number of rotatable bonds is 50. The van der Waals surface area contributed by atoms with Gasteiger partial charge in [-0.1, -0.05) is 252 Å². The second-order valence-electron chi connectivity index (χ2n) is 18.9. The average Bonchev–Trinajstić information content (AvgIpc) is 3.27. The molecule has 0 spiro atoms. The SMILES string of the molecule is CCCCCCCCCCCCCCCC(=O)OC[C@@H](CN(C(=O)CCCCCCCCCCCCCCC)[C@@H](CS)C(=O)O)OC(=O)CCCCCCCCCCCCCCC. The summed E-state index contributed by atoms with van der Waals surface area (Å²) in [6.07, 6.45) is 46.9. The zero-order chi connectivity index (χ0) is 46.3. The number of esters is 2. The molecule has 372 valence electrons. The first-order valence-corrected chi connectivity index (χ1v) is 27.9. The number of carboxylic acids is 1. The highest BCUT2D eigenvalue weighted by atomic mass is 32.1. The van der Waals surface area contributed by atoms with Gasteiger partial charge < -0.3 is 19.5 Å². The van der Waals surface area contributed by atoms with Crippen LogP contribution in [0.3, 0.4) is 0 Å². The van der Waals surface area contributed by atoms with Gasteiger partial charge in [0.05, 0.1) is 6.54 Å². The summed E-state index contributed by atoms with van der Waals surface area (Å²) in [5, 5.41) is 10.1. The van der Waals surface area contributed by atoms with Crippen molar-refractivity contribution < 1.29 is 33.8 Å². The van der Waals surface area contributed by atoms with Gasteiger partial charge in [-0.2, -0.15) is 12.6 Å². The fourth-order valence-corrected chi connectivity index (χ4v) is 8.92. The molecule has 0 aromatic heterocycles. The Kier molecular flexibility index (Phi) is 46.8. The lowest BCUT2D eigenvalue weighted by Gasteiger charge is -2.31. The molecular formula is C54H103NO7S. The Morgan fingerprint density at radius 2 is 0.714 bits per heavy atom. The lowest BCUT2D eigenvalue weighted by molar-refractivity contribution is -0.163. The Hall–Kier alpha value is -1.77. The second-order valence-corrected chi connectivity index (χ2v) is 19.2. The summed E-state index contributed by atoms with van der Waals surface area (Å²) >= 11 is 4.30. The highest BCUT2D eigenvalue weighted by Crippen LogP contribution is 2.18. The molecule has 0 unspecified atom stereocenters. The Morgan fingerprint density at radius 3 is 1.02 bits per heavy atom. The quantitative estimate of drug-likeness (QED) is 0.0355. The van der Waals surface area contributed by atoms with Crippen molar-refractivity contribution in [3.63, 3.8) is 0 Å². The standard InChI is InChI=1S/C54H103NO7S/c1-4-7-10-13-16-19-22-25-28-31-34-37-40-43-51(56)55(50(48-63)54(59)60)46-49(62-53(58)45-42-39-36-33-30-27-24-21-18-15-12-9-6-3)47-61-52(57)44-41-38-35-32-29-26-23-20-17-14-11-8-5-2/h49-50,63H,4-48H2,1-3H3,(H,59,60)/t49-,50+/m1/s1. The van der Waals surface area contributed by atoms with Crippen LogP contribution in [-0.4, -0.2) is 64.9 Å². The summed E-state index contributed by atoms with van der Waals surface area (Å²) in [7, 11) is 0. The minimum absolute atomic E-state index is 0.0713. The zero-order valence-electron chi connectivity index (χ0n) is 41.8. The van der Waals surface area contributed by atoms with Gasteiger partial charge in [0.1, 0.15) is 12.6 Å². The highest BCUT2D eigenvalue weighted by Gasteiger charge is 2.32. The summed E-state index contributed by atoms with van der Waals surface area (Å²) in [5.74, 6) is -2.28. The third kappa shape index (κ3) is 41.4. The summed E-state index contributed by atoms with van der Waals surface area (Å²) in [6, 6.07) is -1.17. The number of ether oxygens (including phenoxy) is 2. The van der Waals surface area contributed by atoms with Crippen molar-refractivity contribution in [3.8, 4) is 0 Å². The maximum atomic E-state index is 13.6. The topological polar surface area (TPSA) is 110 Å². The molecule has 0 saturated carbocycles. The van der Waals surface area contributed by atoms with Crippen molar-refractivity contribution in [2.24, 2.45) is 0 Å². The minimum atomic E-state index is -1.17. The van der Waals surface area contributed by atoms with Crippen LogP contribution in [0.15, 0.2) is 0 Å². The first-order valence-electron chi connectivity index (χ1n) is 27.3. The van der Waals surface area contributed by atoms with Gasteiger partial charge in [-0.3, -0.25) is 14.4 Å². The number of unbranched alkanes of at least 4 members (excludes halogenated alkanes) is 36. The van der Waals surface area contributed by atoms with Crippen LogP contribution in [0.25, 0.3) is 0 Å². The molecule has 0 radical (unpaired) electrons. The van der Waals surface area contributed by atoms with E-state index in [2.05, 4.69) is 33.4 Å². The fraction of sp³-hybridized carbons (Fsp3) is 0.926. The van der Waals surface area contributed by atoms with E-state index in [0.29, 0.717) is 12.8 Å². The molecule has 0 aromatic rings. The smallest absolute Gasteiger partial charge is 0.327 e. The number of hydrogen-bond donors (Lipinski definition) is 2. The zero-order valence-corrected chi connectivity index (χ0v) is 42.7. The van der Waals surface area contributed by atoms with Crippen LogP contribution < -0.4 is 0 Å². The molecule has 1 N–H and O–H groups in total. The Bertz CT molecular complexity index is 1040. The number of hydrogen-bond acceptors (Lipinski definition) is 7. The van der Waals surface area contributed by atoms with Gasteiger partial charge in [0.2, 0.25) is 5.91 Å². The molecule has 0 saturated heterocycles. The predicted molar refractivity (Wildman–Crippen MR) is 269 cm³/mol. The molecule has 9 heteroatoms. The lowest BCUT2D eigenvalue weighted by Crippen LogP contribution is -2.51. The van der Waals surface area contributed by atoms with Crippen LogP contribution in [0.4, 0.5) is 0 Å². The van der Waals surface area contributed by atoms with Gasteiger partial charge >= 0.3 is 17.9 Å². The summed E-state index contributed by atoms with van der Waals surface area (Å²) < 4.78 is 11.5. The van der Waals surface area contributed by atoms with Gasteiger partial charge in [-0.05, 0) is 19.3 Å². The molecule has 0 aliphatic carbocycles. The molecule has 0 aliphatic rings. The van der Waals surface area contributed by atoms with E-state index in [4.69, 9.17) is 9.47 Å². The molecule has 0 bridgehead atoms. The largest absolute Gasteiger partial charge is 0.480 e. The van der Waals surface area contributed by atoms with Crippen LogP contribution >= 0.6 is 12.6 Å². The number of carbonyl (C=O) groups is 4. The normalized spacial score (nSPS) is 12.3. The van der Waals surface area contributed by atoms with Crippen LogP contribution in [0.1, 0.15) is 290 Å². The van der Waals surface area contributed by atoms with Gasteiger partial charge in [0.25, 0.3) is 0 Å². The first-order chi connectivity index (χ1) is 30.8. The fourth-order valence-electron chi connectivity index (χ4n) is 8.57. The van der Waals surface area contributed by atoms with Crippen molar-refractivity contribution in [2.45, 2.75) is 303 Å². The maximum Gasteiger partial charge on any atom is 0.327 e. The lowest BCUT2D eigenvalue weighted by atomic mass is 10.0. The predicted octanol–water partition coefficient (Wildman–Crippen LogP) is 16.1. The number of amides is 1. The molecule has 0 fully saturated rings. The second kappa shape index (κ2) is 48.2. The van der Waals surface area contributed by atoms with E-state index in [1.807, 2.05) is 0 Å². The molecule has 0 rings (SSSR count). The molecule has 8 nitrogen and oxygen atoms in total. The van der Waals surface area contributed by atoms with E-state index in [1.165, 1.54) is 191 Å². The Morgan fingerprint density at radius 1 is 0.429 bits per heavy atom. The third-order valence-electron chi connectivity index (χ3n) is 12.7. The van der Waals surface area contributed by atoms with E-state index in [-0.39, 0.29) is 50.0 Å². The van der Waals surface area contributed by atoms with E-state index in [0.717, 1.165) is 51.4 Å². The highest BCUT2D eigenvalue weighted by molar-refractivity contribution is 7.80. The molecule has 0 heterocycles. The van der Waals surface area contributed by atoms with Gasteiger partial charge in [-0.25, -0.2) is 4.79 Å². The number of nitrogens with zero attached hydrogens (tertiary/aromatic N) is 1. The average molecular weight is 910 g/mol. The van der Waals surface area contributed by atoms with E-state index in [1.54, 1.807) is 0 Å². The molecule has 63 heavy (non-hydrogen) atoms. The van der Waals surface area contributed by atoms with Crippen LogP contribution in [0, 0.1) is 0 Å². The molecule has 0 aliphatic heterocycles. The number of aliphatic carboxylic acids is 1. The number of carbonyl (C=O) groups excluding carboxylic acids is 3. The maximum absolute atomic E-state index is 13.6. The Labute approximate surface area is 395 Å². The van der Waals surface area contributed by atoms with Gasteiger partial charge in [-0.15, -0.1) is 0 Å². The van der Waals surface area contributed by atoms with Crippen molar-refractivity contribution >= 4 is 36.4 Å². The van der Waals surface area contributed by atoms with Gasteiger partial charge in [0, 0.05) is 25.0 Å². The van der Waals surface area contributed by atoms with Crippen molar-refractivity contribution in [3.05, 3.63) is 0 Å². The molecular weight excluding hydrogens is 807 g/mol. The minimum Gasteiger partial charge on any atom is -0.480 e. The Balaban J connectivity index is 4.99. The van der Waals surface area contributed by atoms with Crippen molar-refractivity contribution in [1.82, 2.24) is 4.90 Å². The molecule has 2 atom stereocenters. The summed E-state index contributed by atoms with van der Waals surface area (Å²) in [6.45, 7) is 6.40. The third-order valence-corrected chi connectivity index (χ3v) is 13.1. The number of thiol groups is 1. The molecule has 1 amide bonds. The van der Waals surface area contributed by atoms with Crippen LogP contribution in [0.5, 0.6) is 0 Å². The number of carboxylic acid groups (broad SMARTS) is 1. The summed E-state index contributed by atoms with van der Waals surface area (Å²) in [5.41, 5.74) is 0. The van der Waals surface area contributed by atoms with E-state index < -0.39 is 24.1 Å². The van der Waals surface area contributed by atoms with Crippen molar-refractivity contribution in [1.29, 1.82) is 0 Å². The van der Waals surface area contributed by atoms with Crippen LogP contribution in [-0.2, 0) is 28.7 Å². The van der Waals surface area contributed by atoms with E-state index >= 15 is 0 Å². The monoisotopic (exact) mass is 910 g/mol. The summed E-state index contributed by atoms with van der Waals surface area (Å²) in [4.78, 5) is 53.3. The first kappa shape index (κ1) is 61.2. The van der Waals surface area contributed by atoms with Gasteiger partial charge in [0.15, 0.2) is 6.10 Å².